The molecule has 2 saturated heterocycles. The van der Waals surface area contributed by atoms with Gasteiger partial charge in [-0.15, -0.1) is 11.8 Å². The van der Waals surface area contributed by atoms with E-state index in [9.17, 15) is 54.5 Å². The average molecular weight is 645 g/mol. The van der Waals surface area contributed by atoms with E-state index in [2.05, 4.69) is 10.3 Å². The number of nitrogens with zero attached hydrogens (tertiary/aromatic N) is 2. The summed E-state index contributed by atoms with van der Waals surface area (Å²) in [5.41, 5.74) is 4.52. The van der Waals surface area contributed by atoms with E-state index < -0.39 is 104 Å². The molecule has 10 N–H and O–H groups in total. The summed E-state index contributed by atoms with van der Waals surface area (Å²) in [5.74, 6) is -2.09. The lowest BCUT2D eigenvalue weighted by molar-refractivity contribution is -0.156. The van der Waals surface area contributed by atoms with Gasteiger partial charge in [0.1, 0.15) is 30.2 Å². The van der Waals surface area contributed by atoms with Crippen LogP contribution in [0.1, 0.15) is 19.6 Å². The molecule has 2 aliphatic heterocycles. The van der Waals surface area contributed by atoms with Gasteiger partial charge in [0.15, 0.2) is 6.23 Å². The molecule has 0 saturated carbocycles. The summed E-state index contributed by atoms with van der Waals surface area (Å²) >= 11 is 0.323. The number of aliphatic hydroxyl groups excluding tert-OH is 6. The second kappa shape index (κ2) is 13.6. The number of carbonyl (C=O) groups is 2. The van der Waals surface area contributed by atoms with Crippen LogP contribution in [0.2, 0.25) is 0 Å². The summed E-state index contributed by atoms with van der Waals surface area (Å²) < 4.78 is 34.1. The van der Waals surface area contributed by atoms with E-state index >= 15 is 0 Å². The molecule has 238 valence electrons. The standard InChI is InChI=1S/C21H33N4O15PS/c1-8(27)23-13-9(28)5-21(19(33)37-2,42-17(13)14(30)10(29)6-26)40-41(35,36)38-7-11-15(31)16(32)18(39-11)25-4-3-12(22)24-20(25)34/h3-4,9-11,13-18,26,28-32H,5-7H2,1-2H3,(H,23,27)(H,35,36)(H2,22,24,34)/t9-,10+,11+,13+,14+,15+,16+,17+,18+,21-/m0/s1. The highest BCUT2D eigenvalue weighted by molar-refractivity contribution is 8.02. The SMILES string of the molecule is COC(=O)[C@]1(OP(=O)(O)OC[C@H]2O[C@@H](n3ccc(N)nc3=O)[C@H](O)[C@@H]2O)C[C@H](O)[C@@H](NC(C)=O)[C@H]([C@H](O)[C@H](O)CO)S1. The van der Waals surface area contributed by atoms with Gasteiger partial charge < -0.3 is 56.1 Å². The Labute approximate surface area is 241 Å². The number of nitrogens with one attached hydrogen (secondary N) is 1. The van der Waals surface area contributed by atoms with Crippen molar-refractivity contribution in [3.63, 3.8) is 0 Å². The monoisotopic (exact) mass is 644 g/mol. The molecule has 1 aromatic heterocycles. The Balaban J connectivity index is 1.82. The Bertz CT molecular complexity index is 1240. The van der Waals surface area contributed by atoms with Crippen molar-refractivity contribution >= 4 is 37.3 Å². The molecule has 2 fully saturated rings. The normalized spacial score (nSPS) is 34.3. The van der Waals surface area contributed by atoms with Crippen LogP contribution in [0, 0.1) is 0 Å². The van der Waals surface area contributed by atoms with Crippen LogP contribution in [0.4, 0.5) is 5.82 Å². The van der Waals surface area contributed by atoms with Crippen LogP contribution < -0.4 is 16.7 Å². The number of amides is 1. The number of hydrogen-bond donors (Lipinski definition) is 9. The number of thioether (sulfide) groups is 1. The van der Waals surface area contributed by atoms with E-state index in [1.807, 2.05) is 0 Å². The second-order valence-electron chi connectivity index (χ2n) is 9.51. The lowest BCUT2D eigenvalue weighted by atomic mass is 9.94. The fraction of sp³-hybridized carbons (Fsp3) is 0.714. The molecular weight excluding hydrogens is 611 g/mol. The van der Waals surface area contributed by atoms with Crippen LogP contribution in [0.15, 0.2) is 17.1 Å². The molecule has 3 heterocycles. The van der Waals surface area contributed by atoms with Crippen molar-refractivity contribution in [1.82, 2.24) is 14.9 Å². The summed E-state index contributed by atoms with van der Waals surface area (Å²) in [6, 6.07) is -0.0950. The predicted octanol–water partition coefficient (Wildman–Crippen LogP) is -4.47. The number of aromatic nitrogens is 2. The van der Waals surface area contributed by atoms with Gasteiger partial charge in [-0.05, 0) is 6.07 Å². The first-order valence-corrected chi connectivity index (χ1v) is 14.7. The average Bonchev–Trinajstić information content (AvgIpc) is 3.20. The Morgan fingerprint density at radius 1 is 1.33 bits per heavy atom. The number of rotatable bonds is 11. The van der Waals surface area contributed by atoms with Crippen molar-refractivity contribution in [2.24, 2.45) is 0 Å². The minimum Gasteiger partial charge on any atom is -0.466 e. The summed E-state index contributed by atoms with van der Waals surface area (Å²) in [4.78, 5) is 48.2. The zero-order valence-corrected chi connectivity index (χ0v) is 23.9. The maximum Gasteiger partial charge on any atom is 0.474 e. The van der Waals surface area contributed by atoms with Gasteiger partial charge in [0, 0.05) is 19.5 Å². The van der Waals surface area contributed by atoms with Crippen LogP contribution in [0.3, 0.4) is 0 Å². The van der Waals surface area contributed by atoms with E-state index in [0.717, 1.165) is 24.8 Å². The van der Waals surface area contributed by atoms with Gasteiger partial charge in [0.25, 0.3) is 0 Å². The molecular formula is C21H33N4O15PS. The first-order chi connectivity index (χ1) is 19.6. The quantitative estimate of drug-likeness (QED) is 0.0810. The highest BCUT2D eigenvalue weighted by Crippen LogP contribution is 2.56. The predicted molar refractivity (Wildman–Crippen MR) is 139 cm³/mol. The number of phosphoric ester groups is 1. The number of nitrogen functional groups attached to an aromatic ring is 1. The molecule has 0 aromatic carbocycles. The van der Waals surface area contributed by atoms with Crippen LogP contribution in [-0.2, 0) is 32.7 Å². The third kappa shape index (κ3) is 7.47. The van der Waals surface area contributed by atoms with Gasteiger partial charge in [0.05, 0.1) is 43.8 Å². The molecule has 42 heavy (non-hydrogen) atoms. The van der Waals surface area contributed by atoms with E-state index in [0.29, 0.717) is 11.8 Å². The Kier molecular flexibility index (Phi) is 11.1. The highest BCUT2D eigenvalue weighted by atomic mass is 32.2. The van der Waals surface area contributed by atoms with Crippen molar-refractivity contribution in [3.8, 4) is 0 Å². The molecule has 0 radical (unpaired) electrons. The summed E-state index contributed by atoms with van der Waals surface area (Å²) in [7, 11) is -4.45. The molecule has 1 amide bonds. The molecule has 21 heteroatoms. The first kappa shape index (κ1) is 34.3. The number of ether oxygens (including phenoxy) is 2. The number of nitrogens with two attached hydrogens (primary N) is 1. The maximum absolute atomic E-state index is 13.0. The van der Waals surface area contributed by atoms with Crippen LogP contribution in [-0.4, -0.2) is 130 Å². The number of esters is 1. The molecule has 0 spiro atoms. The third-order valence-electron chi connectivity index (χ3n) is 6.48. The topological polar surface area (TPSA) is 303 Å². The number of hydrogen-bond acceptors (Lipinski definition) is 17. The van der Waals surface area contributed by atoms with Crippen molar-refractivity contribution < 1.29 is 68.2 Å². The van der Waals surface area contributed by atoms with Gasteiger partial charge in [-0.2, -0.15) is 4.98 Å². The smallest absolute Gasteiger partial charge is 0.466 e. The van der Waals surface area contributed by atoms with Crippen molar-refractivity contribution in [3.05, 3.63) is 22.7 Å². The number of carbonyl (C=O) groups excluding carboxylic acids is 2. The van der Waals surface area contributed by atoms with Gasteiger partial charge in [-0.3, -0.25) is 18.4 Å². The van der Waals surface area contributed by atoms with Gasteiger partial charge >= 0.3 is 19.5 Å². The number of methoxy groups -OCH3 is 1. The fourth-order valence-electron chi connectivity index (χ4n) is 4.46. The van der Waals surface area contributed by atoms with Gasteiger partial charge in [-0.1, -0.05) is 0 Å². The molecule has 0 bridgehead atoms. The minimum atomic E-state index is -5.34. The molecule has 11 atom stereocenters. The summed E-state index contributed by atoms with van der Waals surface area (Å²) in [5, 5.41) is 62.4. The lowest BCUT2D eigenvalue weighted by Crippen LogP contribution is -2.63. The second-order valence-corrected chi connectivity index (χ2v) is 12.3. The van der Waals surface area contributed by atoms with Crippen LogP contribution in [0.25, 0.3) is 0 Å². The number of aliphatic hydroxyl groups is 6. The highest BCUT2D eigenvalue weighted by Gasteiger charge is 2.58. The van der Waals surface area contributed by atoms with E-state index in [1.165, 1.54) is 6.07 Å². The van der Waals surface area contributed by atoms with Crippen LogP contribution >= 0.6 is 19.6 Å². The van der Waals surface area contributed by atoms with E-state index in [1.54, 1.807) is 0 Å². The molecule has 1 unspecified atom stereocenters. The van der Waals surface area contributed by atoms with E-state index in [-0.39, 0.29) is 5.82 Å². The fourth-order valence-corrected chi connectivity index (χ4v) is 7.43. The Hall–Kier alpha value is -2.20. The summed E-state index contributed by atoms with van der Waals surface area (Å²) in [6.45, 7) is -0.781. The molecule has 19 nitrogen and oxygen atoms in total. The van der Waals surface area contributed by atoms with Crippen molar-refractivity contribution in [2.45, 2.75) is 72.4 Å². The zero-order valence-electron chi connectivity index (χ0n) is 22.2. The molecule has 2 aliphatic rings. The van der Waals surface area contributed by atoms with Crippen molar-refractivity contribution in [1.29, 1.82) is 0 Å². The van der Waals surface area contributed by atoms with E-state index in [4.69, 9.17) is 24.3 Å². The number of anilines is 1. The third-order valence-corrected chi connectivity index (χ3v) is 9.27. The summed E-state index contributed by atoms with van der Waals surface area (Å²) in [6.07, 6.45) is -11.5. The van der Waals surface area contributed by atoms with Gasteiger partial charge in [-0.25, -0.2) is 14.2 Å². The minimum absolute atomic E-state index is 0.114. The molecule has 1 aromatic rings. The largest absolute Gasteiger partial charge is 0.474 e. The lowest BCUT2D eigenvalue weighted by Gasteiger charge is -2.46. The Morgan fingerprint density at radius 3 is 2.57 bits per heavy atom. The Morgan fingerprint density at radius 2 is 2.00 bits per heavy atom. The molecule has 0 aliphatic carbocycles. The van der Waals surface area contributed by atoms with Crippen molar-refractivity contribution in [2.75, 3.05) is 26.1 Å². The first-order valence-electron chi connectivity index (χ1n) is 12.3. The van der Waals surface area contributed by atoms with Crippen LogP contribution in [0.5, 0.6) is 0 Å². The number of phosphoric acid groups is 1. The zero-order chi connectivity index (χ0) is 31.6. The molecule has 3 rings (SSSR count). The maximum atomic E-state index is 13.0. The van der Waals surface area contributed by atoms with Gasteiger partial charge in [0.2, 0.25) is 10.8 Å².